The molecule has 0 saturated carbocycles. The summed E-state index contributed by atoms with van der Waals surface area (Å²) in [4.78, 5) is 39.8. The van der Waals surface area contributed by atoms with Gasteiger partial charge in [-0.15, -0.1) is 0 Å². The van der Waals surface area contributed by atoms with Crippen molar-refractivity contribution in [3.05, 3.63) is 50.3 Å². The van der Waals surface area contributed by atoms with E-state index in [-0.39, 0.29) is 12.1 Å². The molecule has 196 valence electrons. The molecule has 36 heavy (non-hydrogen) atoms. The zero-order valence-electron chi connectivity index (χ0n) is 22.3. The normalized spacial score (nSPS) is 10.2. The number of primary amides is 2. The van der Waals surface area contributed by atoms with Crippen molar-refractivity contribution in [2.24, 2.45) is 11.5 Å². The molecule has 0 bridgehead atoms. The summed E-state index contributed by atoms with van der Waals surface area (Å²) in [5.74, 6) is -0.794. The highest BCUT2D eigenvalue weighted by Crippen LogP contribution is 2.31. The lowest BCUT2D eigenvalue weighted by molar-refractivity contribution is -0.136. The fourth-order valence-corrected chi connectivity index (χ4v) is 3.71. The van der Waals surface area contributed by atoms with Gasteiger partial charge in [0.15, 0.2) is 0 Å². The van der Waals surface area contributed by atoms with Crippen molar-refractivity contribution in [3.8, 4) is 0 Å². The van der Waals surface area contributed by atoms with Crippen LogP contribution in [0.25, 0.3) is 11.0 Å². The number of aromatic nitrogens is 2. The van der Waals surface area contributed by atoms with E-state index in [2.05, 4.69) is 9.97 Å². The molecule has 0 atom stereocenters. The van der Waals surface area contributed by atoms with Crippen molar-refractivity contribution in [1.29, 1.82) is 0 Å². The van der Waals surface area contributed by atoms with E-state index in [9.17, 15) is 14.4 Å². The van der Waals surface area contributed by atoms with Crippen LogP contribution in [0.3, 0.4) is 0 Å². The number of aliphatic carboxylic acids is 1. The monoisotopic (exact) mass is 498 g/mol. The molecule has 0 aliphatic rings. The number of rotatable bonds is 4. The van der Waals surface area contributed by atoms with Gasteiger partial charge < -0.3 is 33.0 Å². The summed E-state index contributed by atoms with van der Waals surface area (Å²) >= 11 is 0. The van der Waals surface area contributed by atoms with Gasteiger partial charge in [-0.1, -0.05) is 13.8 Å². The van der Waals surface area contributed by atoms with Crippen molar-refractivity contribution < 1.29 is 19.5 Å². The zero-order valence-corrected chi connectivity index (χ0v) is 22.3. The summed E-state index contributed by atoms with van der Waals surface area (Å²) in [5.41, 5.74) is 31.3. The molecule has 0 aliphatic carbocycles. The second kappa shape index (κ2) is 12.1. The number of benzene rings is 2. The van der Waals surface area contributed by atoms with Crippen LogP contribution < -0.4 is 22.9 Å². The van der Waals surface area contributed by atoms with E-state index in [1.165, 1.54) is 0 Å². The van der Waals surface area contributed by atoms with Crippen LogP contribution in [0.4, 0.5) is 11.4 Å². The first-order valence-electron chi connectivity index (χ1n) is 11.6. The fraction of sp³-hybridized carbons (Fsp3) is 0.385. The first kappa shape index (κ1) is 30.0. The first-order chi connectivity index (χ1) is 16.6. The minimum atomic E-state index is -0.745. The number of hydrogen-bond donors (Lipinski definition) is 6. The number of carboxylic acids is 1. The third kappa shape index (κ3) is 6.12. The Bertz CT molecular complexity index is 1300. The molecule has 0 aliphatic heterocycles. The minimum Gasteiger partial charge on any atom is -0.481 e. The van der Waals surface area contributed by atoms with E-state index < -0.39 is 17.8 Å². The molecule has 0 saturated heterocycles. The van der Waals surface area contributed by atoms with E-state index >= 15 is 0 Å². The third-order valence-corrected chi connectivity index (χ3v) is 6.45. The van der Waals surface area contributed by atoms with Gasteiger partial charge in [-0.25, -0.2) is 4.98 Å². The number of nitrogens with two attached hydrogens (primary N) is 4. The van der Waals surface area contributed by atoms with Crippen molar-refractivity contribution >= 4 is 40.2 Å². The molecule has 3 aromatic rings. The van der Waals surface area contributed by atoms with Crippen LogP contribution in [0.15, 0.2) is 0 Å². The van der Waals surface area contributed by atoms with Crippen molar-refractivity contribution in [2.45, 2.75) is 68.2 Å². The molecule has 0 radical (unpaired) electrons. The fourth-order valence-electron chi connectivity index (χ4n) is 3.71. The molecule has 2 amide bonds. The van der Waals surface area contributed by atoms with Gasteiger partial charge in [-0.2, -0.15) is 0 Å². The zero-order chi connectivity index (χ0) is 28.1. The number of nitrogens with zero attached hydrogens (tertiary/aromatic N) is 1. The topological polar surface area (TPSA) is 204 Å². The number of aryl methyl sites for hydroxylation is 2. The van der Waals surface area contributed by atoms with Crippen molar-refractivity contribution in [3.63, 3.8) is 0 Å². The van der Waals surface area contributed by atoms with Gasteiger partial charge in [-0.3, -0.25) is 14.4 Å². The smallest absolute Gasteiger partial charge is 0.303 e. The highest BCUT2D eigenvalue weighted by atomic mass is 16.4. The predicted molar refractivity (Wildman–Crippen MR) is 144 cm³/mol. The molecule has 0 fully saturated rings. The molecular formula is C26H38N6O4. The second-order valence-corrected chi connectivity index (χ2v) is 8.56. The second-order valence-electron chi connectivity index (χ2n) is 8.56. The maximum atomic E-state index is 11.6. The Labute approximate surface area is 211 Å². The number of carboxylic acid groups (broad SMARTS) is 1. The summed E-state index contributed by atoms with van der Waals surface area (Å²) in [6.07, 6.45) is 1.03. The van der Waals surface area contributed by atoms with Crippen LogP contribution >= 0.6 is 0 Å². The number of anilines is 2. The standard InChI is InChI=1S/C13H17N3O.C10H15N3O.C3H6O2/c1-5-9-15-11-8(4)6(2)7(3)10(13(14)17)12(11)16-9;1-4-5(2)7(10(13)14)9(12)8(11)6(4)3;1-2-3(4)5/h5H2,1-4H3,(H2,14,17)(H,15,16);11-12H2,1-3H3,(H2,13,14);2H2,1H3,(H,4,5). The van der Waals surface area contributed by atoms with Crippen molar-refractivity contribution in [1.82, 2.24) is 9.97 Å². The number of carbonyl (C=O) groups is 3. The summed E-state index contributed by atoms with van der Waals surface area (Å²) in [6.45, 7) is 15.2. The quantitative estimate of drug-likeness (QED) is 0.295. The lowest BCUT2D eigenvalue weighted by atomic mass is 9.95. The highest BCUT2D eigenvalue weighted by molar-refractivity contribution is 6.07. The molecule has 10 nitrogen and oxygen atoms in total. The first-order valence-corrected chi connectivity index (χ1v) is 11.6. The highest BCUT2D eigenvalue weighted by Gasteiger charge is 2.19. The third-order valence-electron chi connectivity index (χ3n) is 6.45. The minimum absolute atomic E-state index is 0.222. The predicted octanol–water partition coefficient (Wildman–Crippen LogP) is 3.51. The Morgan fingerprint density at radius 1 is 0.750 bits per heavy atom. The lowest BCUT2D eigenvalue weighted by Crippen LogP contribution is -2.18. The number of aromatic amines is 1. The van der Waals surface area contributed by atoms with E-state index in [4.69, 9.17) is 28.0 Å². The Morgan fingerprint density at radius 3 is 1.61 bits per heavy atom. The SMILES string of the molecule is CCC(=O)O.CCc1nc2c(C)c(C)c(C)c(C(N)=O)c2[nH]1.Cc1c(C)c(N)c(N)c(C(N)=O)c1C. The molecule has 0 unspecified atom stereocenters. The molecule has 10 heteroatoms. The van der Waals surface area contributed by atoms with Crippen LogP contribution in [0, 0.1) is 41.5 Å². The van der Waals surface area contributed by atoms with Crippen LogP contribution in [-0.4, -0.2) is 32.9 Å². The summed E-state index contributed by atoms with van der Waals surface area (Å²) in [7, 11) is 0. The largest absolute Gasteiger partial charge is 0.481 e. The van der Waals surface area contributed by atoms with Crippen LogP contribution in [0.5, 0.6) is 0 Å². The lowest BCUT2D eigenvalue weighted by Gasteiger charge is -2.15. The van der Waals surface area contributed by atoms with Gasteiger partial charge >= 0.3 is 5.97 Å². The molecule has 0 spiro atoms. The Kier molecular flexibility index (Phi) is 10.0. The summed E-state index contributed by atoms with van der Waals surface area (Å²) in [6, 6.07) is 0. The molecule has 3 rings (SSSR count). The van der Waals surface area contributed by atoms with Crippen LogP contribution in [0.2, 0.25) is 0 Å². The Morgan fingerprint density at radius 2 is 1.19 bits per heavy atom. The average Bonchev–Trinajstić information content (AvgIpc) is 3.24. The van der Waals surface area contributed by atoms with Gasteiger partial charge in [0.2, 0.25) is 0 Å². The van der Waals surface area contributed by atoms with E-state index in [0.717, 1.165) is 56.7 Å². The number of nitrogens with one attached hydrogen (secondary N) is 1. The Hall–Kier alpha value is -4.08. The van der Waals surface area contributed by atoms with Gasteiger partial charge in [0.25, 0.3) is 11.8 Å². The van der Waals surface area contributed by atoms with E-state index in [1.807, 2.05) is 48.5 Å². The molecule has 1 aromatic heterocycles. The van der Waals surface area contributed by atoms with Gasteiger partial charge in [-0.05, 0) is 74.9 Å². The maximum absolute atomic E-state index is 11.6. The molecule has 1 heterocycles. The van der Waals surface area contributed by atoms with Gasteiger partial charge in [0, 0.05) is 12.8 Å². The van der Waals surface area contributed by atoms with E-state index in [0.29, 0.717) is 16.8 Å². The van der Waals surface area contributed by atoms with Crippen LogP contribution in [0.1, 0.15) is 80.2 Å². The molecular weight excluding hydrogens is 460 g/mol. The number of fused-ring (bicyclic) bond motifs is 1. The van der Waals surface area contributed by atoms with Crippen molar-refractivity contribution in [2.75, 3.05) is 11.5 Å². The van der Waals surface area contributed by atoms with Gasteiger partial charge in [0.05, 0.1) is 33.5 Å². The Balaban J connectivity index is 0.000000308. The number of nitrogen functional groups attached to an aromatic ring is 2. The van der Waals surface area contributed by atoms with Crippen LogP contribution in [-0.2, 0) is 11.2 Å². The number of hydrogen-bond acceptors (Lipinski definition) is 6. The van der Waals surface area contributed by atoms with E-state index in [1.54, 1.807) is 6.92 Å². The number of imidazole rings is 1. The number of H-pyrrole nitrogens is 1. The maximum Gasteiger partial charge on any atom is 0.303 e. The average molecular weight is 499 g/mol. The molecule has 2 aromatic carbocycles. The summed E-state index contributed by atoms with van der Waals surface area (Å²) < 4.78 is 0. The number of carbonyl (C=O) groups excluding carboxylic acids is 2. The molecule has 10 N–H and O–H groups in total. The number of amides is 2. The van der Waals surface area contributed by atoms with Gasteiger partial charge in [0.1, 0.15) is 5.82 Å². The summed E-state index contributed by atoms with van der Waals surface area (Å²) in [5, 5.41) is 7.72.